The summed E-state index contributed by atoms with van der Waals surface area (Å²) in [7, 11) is 0. The Morgan fingerprint density at radius 1 is 1.29 bits per heavy atom. The maximum absolute atomic E-state index is 14.4. The van der Waals surface area contributed by atoms with Gasteiger partial charge in [0.05, 0.1) is 17.9 Å². The van der Waals surface area contributed by atoms with Crippen molar-refractivity contribution < 1.29 is 18.3 Å². The summed E-state index contributed by atoms with van der Waals surface area (Å²) in [6.45, 7) is 2.49. The van der Waals surface area contributed by atoms with Gasteiger partial charge in [0.2, 0.25) is 0 Å². The van der Waals surface area contributed by atoms with E-state index in [9.17, 15) is 13.6 Å². The molecule has 0 bridgehead atoms. The Morgan fingerprint density at radius 2 is 2.11 bits per heavy atom. The molecular formula is C19H23F2N3O3S. The predicted molar refractivity (Wildman–Crippen MR) is 104 cm³/mol. The van der Waals surface area contributed by atoms with Crippen molar-refractivity contribution >= 4 is 22.7 Å². The van der Waals surface area contributed by atoms with Crippen LogP contribution in [-0.4, -0.2) is 54.3 Å². The fourth-order valence-corrected chi connectivity index (χ4v) is 4.56. The van der Waals surface area contributed by atoms with Crippen molar-refractivity contribution in [1.29, 1.82) is 0 Å². The summed E-state index contributed by atoms with van der Waals surface area (Å²) >= 11 is 1.72. The average Bonchev–Trinajstić information content (AvgIpc) is 3.10. The van der Waals surface area contributed by atoms with Crippen LogP contribution in [0, 0.1) is 11.7 Å². The van der Waals surface area contributed by atoms with Crippen LogP contribution in [0.2, 0.25) is 0 Å². The Morgan fingerprint density at radius 3 is 2.86 bits per heavy atom. The Hall–Kier alpha value is -1.71. The minimum atomic E-state index is -0.972. The predicted octanol–water partition coefficient (Wildman–Crippen LogP) is 2.41. The molecule has 0 saturated carbocycles. The van der Waals surface area contributed by atoms with Gasteiger partial charge in [0, 0.05) is 49.6 Å². The molecule has 6 nitrogen and oxygen atoms in total. The molecule has 2 atom stereocenters. The van der Waals surface area contributed by atoms with E-state index in [1.165, 1.54) is 0 Å². The number of hydrogen-bond donors (Lipinski definition) is 2. The van der Waals surface area contributed by atoms with Gasteiger partial charge in [0.25, 0.3) is 5.56 Å². The summed E-state index contributed by atoms with van der Waals surface area (Å²) in [6, 6.07) is 2.71. The van der Waals surface area contributed by atoms with Crippen molar-refractivity contribution in [2.45, 2.75) is 30.0 Å². The second kappa shape index (κ2) is 8.75. The number of fused-ring (bicyclic) bond motifs is 1. The van der Waals surface area contributed by atoms with Gasteiger partial charge in [-0.2, -0.15) is 11.8 Å². The number of nitrogens with one attached hydrogen (secondary N) is 2. The van der Waals surface area contributed by atoms with Crippen molar-refractivity contribution in [2.75, 3.05) is 32.9 Å². The standard InChI is InChI=1S/C19H23F2N3O3S/c20-14-5-12(27-9-11-7-22-8-15(11)21)6-16-18(14)19(25)24-17(23-16)10-28-13-1-3-26-4-2-13/h5-6,11,13,15,22H,1-4,7-10H2,(H,23,24,25)/t11-,15-/m0/s1. The Kier molecular flexibility index (Phi) is 6.13. The van der Waals surface area contributed by atoms with Gasteiger partial charge in [-0.15, -0.1) is 0 Å². The minimum absolute atomic E-state index is 0.0851. The van der Waals surface area contributed by atoms with Crippen LogP contribution in [0.3, 0.4) is 0 Å². The largest absolute Gasteiger partial charge is 0.493 e. The fraction of sp³-hybridized carbons (Fsp3) is 0.579. The van der Waals surface area contributed by atoms with Crippen molar-refractivity contribution in [3.63, 3.8) is 0 Å². The summed E-state index contributed by atoms with van der Waals surface area (Å²) < 4.78 is 39.1. The summed E-state index contributed by atoms with van der Waals surface area (Å²) in [5, 5.41) is 3.34. The number of benzene rings is 1. The molecule has 0 spiro atoms. The van der Waals surface area contributed by atoms with Crippen molar-refractivity contribution in [2.24, 2.45) is 5.92 Å². The van der Waals surface area contributed by atoms with Gasteiger partial charge < -0.3 is 19.8 Å². The molecule has 4 rings (SSSR count). The monoisotopic (exact) mass is 411 g/mol. The minimum Gasteiger partial charge on any atom is -0.493 e. The number of nitrogens with zero attached hydrogens (tertiary/aromatic N) is 1. The third-order valence-electron chi connectivity index (χ3n) is 5.13. The van der Waals surface area contributed by atoms with Gasteiger partial charge in [-0.05, 0) is 12.8 Å². The van der Waals surface area contributed by atoms with Crippen LogP contribution in [-0.2, 0) is 10.5 Å². The molecule has 2 aromatic rings. The highest BCUT2D eigenvalue weighted by molar-refractivity contribution is 7.99. The molecule has 0 radical (unpaired) electrons. The van der Waals surface area contributed by atoms with Crippen LogP contribution >= 0.6 is 11.8 Å². The first kappa shape index (κ1) is 19.6. The molecule has 28 heavy (non-hydrogen) atoms. The number of thioether (sulfide) groups is 1. The lowest BCUT2D eigenvalue weighted by Gasteiger charge is -2.21. The first-order chi connectivity index (χ1) is 13.6. The summed E-state index contributed by atoms with van der Waals surface area (Å²) in [4.78, 5) is 19.4. The quantitative estimate of drug-likeness (QED) is 0.760. The van der Waals surface area contributed by atoms with Crippen molar-refractivity contribution in [1.82, 2.24) is 15.3 Å². The number of halogens is 2. The molecule has 152 valence electrons. The Bertz CT molecular complexity index is 889. The molecule has 0 amide bonds. The van der Waals surface area contributed by atoms with Gasteiger partial charge in [0.1, 0.15) is 28.9 Å². The number of ether oxygens (including phenoxy) is 2. The second-order valence-electron chi connectivity index (χ2n) is 7.18. The van der Waals surface area contributed by atoms with E-state index in [1.807, 2.05) is 0 Å². The number of aromatic amines is 1. The smallest absolute Gasteiger partial charge is 0.261 e. The molecule has 9 heteroatoms. The van der Waals surface area contributed by atoms with E-state index in [4.69, 9.17) is 9.47 Å². The molecule has 2 aliphatic heterocycles. The lowest BCUT2D eigenvalue weighted by molar-refractivity contribution is 0.1000. The van der Waals surface area contributed by atoms with E-state index < -0.39 is 17.5 Å². The van der Waals surface area contributed by atoms with E-state index in [-0.39, 0.29) is 29.2 Å². The van der Waals surface area contributed by atoms with E-state index >= 15 is 0 Å². The zero-order valence-corrected chi connectivity index (χ0v) is 16.2. The molecule has 2 saturated heterocycles. The SMILES string of the molecule is O=c1[nH]c(CSC2CCOCC2)nc2cc(OC[C@@H]3CNC[C@@H]3F)cc(F)c12. The third kappa shape index (κ3) is 4.47. The van der Waals surface area contributed by atoms with E-state index in [1.54, 1.807) is 17.8 Å². The Labute approximate surface area is 165 Å². The van der Waals surface area contributed by atoms with Crippen molar-refractivity contribution in [3.8, 4) is 5.75 Å². The molecule has 2 N–H and O–H groups in total. The first-order valence-electron chi connectivity index (χ1n) is 9.49. The van der Waals surface area contributed by atoms with Crippen LogP contribution in [0.25, 0.3) is 10.9 Å². The zero-order valence-electron chi connectivity index (χ0n) is 15.4. The molecule has 1 aromatic heterocycles. The first-order valence-corrected chi connectivity index (χ1v) is 10.5. The lowest BCUT2D eigenvalue weighted by atomic mass is 10.1. The zero-order chi connectivity index (χ0) is 19.5. The van der Waals surface area contributed by atoms with Gasteiger partial charge in [-0.3, -0.25) is 4.79 Å². The highest BCUT2D eigenvalue weighted by Crippen LogP contribution is 2.26. The molecule has 1 aromatic carbocycles. The number of rotatable bonds is 6. The maximum atomic E-state index is 14.4. The van der Waals surface area contributed by atoms with Crippen molar-refractivity contribution in [3.05, 3.63) is 34.1 Å². The number of hydrogen-bond acceptors (Lipinski definition) is 6. The van der Waals surface area contributed by atoms with E-state index in [0.717, 1.165) is 32.1 Å². The molecule has 0 aliphatic carbocycles. The molecule has 2 aliphatic rings. The maximum Gasteiger partial charge on any atom is 0.261 e. The van der Waals surface area contributed by atoms with Crippen LogP contribution in [0.4, 0.5) is 8.78 Å². The summed E-state index contributed by atoms with van der Waals surface area (Å²) in [5.41, 5.74) is -0.247. The molecule has 0 unspecified atom stereocenters. The van der Waals surface area contributed by atoms with Crippen LogP contribution in [0.15, 0.2) is 16.9 Å². The highest BCUT2D eigenvalue weighted by atomic mass is 32.2. The third-order valence-corrected chi connectivity index (χ3v) is 6.51. The lowest BCUT2D eigenvalue weighted by Crippen LogP contribution is -2.21. The summed E-state index contributed by atoms with van der Waals surface area (Å²) in [5.74, 6) is 0.350. The highest BCUT2D eigenvalue weighted by Gasteiger charge is 2.27. The van der Waals surface area contributed by atoms with Gasteiger partial charge in [0.15, 0.2) is 0 Å². The number of alkyl halides is 1. The Balaban J connectivity index is 1.50. The van der Waals surface area contributed by atoms with E-state index in [2.05, 4.69) is 15.3 Å². The van der Waals surface area contributed by atoms with Crippen LogP contribution in [0.1, 0.15) is 18.7 Å². The molecule has 3 heterocycles. The normalized spacial score (nSPS) is 23.4. The average molecular weight is 411 g/mol. The fourth-order valence-electron chi connectivity index (χ4n) is 3.51. The van der Waals surface area contributed by atoms with Gasteiger partial charge in [-0.1, -0.05) is 0 Å². The van der Waals surface area contributed by atoms with Gasteiger partial charge >= 0.3 is 0 Å². The van der Waals surface area contributed by atoms with E-state index in [0.29, 0.717) is 29.9 Å². The topological polar surface area (TPSA) is 76.2 Å². The second-order valence-corrected chi connectivity index (χ2v) is 8.47. The van der Waals surface area contributed by atoms with Gasteiger partial charge in [-0.25, -0.2) is 13.8 Å². The van der Waals surface area contributed by atoms with Crippen LogP contribution < -0.4 is 15.6 Å². The number of H-pyrrole nitrogens is 1. The molecule has 2 fully saturated rings. The molecular weight excluding hydrogens is 388 g/mol. The number of aromatic nitrogens is 2. The summed E-state index contributed by atoms with van der Waals surface area (Å²) in [6.07, 6.45) is 0.974. The van der Waals surface area contributed by atoms with Crippen LogP contribution in [0.5, 0.6) is 5.75 Å².